The molecule has 2 atom stereocenters. The number of hydrogen-bond donors (Lipinski definition) is 2. The molecule has 0 aliphatic carbocycles. The molecule has 0 unspecified atom stereocenters. The maximum atomic E-state index is 12.3. The van der Waals surface area contributed by atoms with E-state index in [-0.39, 0.29) is 23.7 Å². The highest BCUT2D eigenvalue weighted by molar-refractivity contribution is 5.85. The van der Waals surface area contributed by atoms with Crippen molar-refractivity contribution in [3.8, 4) is 5.75 Å². The quantitative estimate of drug-likeness (QED) is 0.653. The second-order valence-electron chi connectivity index (χ2n) is 3.70. The molecule has 1 aromatic rings. The second-order valence-corrected chi connectivity index (χ2v) is 3.70. The molecule has 0 aromatic heterocycles. The smallest absolute Gasteiger partial charge is 0.416 e. The van der Waals surface area contributed by atoms with Crippen LogP contribution in [0.3, 0.4) is 0 Å². The van der Waals surface area contributed by atoms with Crippen LogP contribution in [0.2, 0.25) is 0 Å². The Balaban J connectivity index is 0.00000361. The zero-order valence-corrected chi connectivity index (χ0v) is 10.9. The number of benzene rings is 1. The van der Waals surface area contributed by atoms with Crippen molar-refractivity contribution < 1.29 is 27.9 Å². The molecule has 0 fully saturated rings. The number of ether oxygens (including phenoxy) is 1. The molecular weight excluding hydrogens is 305 g/mol. The van der Waals surface area contributed by atoms with E-state index < -0.39 is 28.9 Å². The fraction of sp³-hybridized carbons (Fsp3) is 0.400. The molecular formula is C10H12ClF3N2O4. The molecule has 0 saturated heterocycles. The molecule has 3 N–H and O–H groups in total. The fourth-order valence-electron chi connectivity index (χ4n) is 1.44. The molecule has 0 amide bonds. The van der Waals surface area contributed by atoms with Gasteiger partial charge >= 0.3 is 11.9 Å². The lowest BCUT2D eigenvalue weighted by molar-refractivity contribution is -0.385. The highest BCUT2D eigenvalue weighted by Crippen LogP contribution is 2.33. The maximum absolute atomic E-state index is 12.3. The van der Waals surface area contributed by atoms with Crippen LogP contribution in [0.4, 0.5) is 18.9 Å². The summed E-state index contributed by atoms with van der Waals surface area (Å²) in [7, 11) is 1.19. The molecule has 0 heterocycles. The van der Waals surface area contributed by atoms with Gasteiger partial charge in [-0.3, -0.25) is 10.1 Å². The Kier molecular flexibility index (Phi) is 6.20. The van der Waals surface area contributed by atoms with Gasteiger partial charge in [0.15, 0.2) is 11.9 Å². The highest BCUT2D eigenvalue weighted by atomic mass is 35.5. The number of hydrogen-bond acceptors (Lipinski definition) is 5. The Hall–Kier alpha value is -1.58. The van der Waals surface area contributed by atoms with Gasteiger partial charge in [-0.15, -0.1) is 12.4 Å². The molecule has 0 bridgehead atoms. The lowest BCUT2D eigenvalue weighted by Gasteiger charge is -2.21. The van der Waals surface area contributed by atoms with Gasteiger partial charge in [-0.2, -0.15) is 13.2 Å². The third-order valence-electron chi connectivity index (χ3n) is 2.46. The average Bonchev–Trinajstić information content (AvgIpc) is 2.34. The Morgan fingerprint density at radius 1 is 1.45 bits per heavy atom. The first-order valence-corrected chi connectivity index (χ1v) is 5.01. The minimum atomic E-state index is -4.91. The molecule has 10 heteroatoms. The first kappa shape index (κ1) is 18.4. The summed E-state index contributed by atoms with van der Waals surface area (Å²) in [5, 5.41) is 19.7. The van der Waals surface area contributed by atoms with Gasteiger partial charge in [-0.25, -0.2) is 0 Å². The van der Waals surface area contributed by atoms with Crippen LogP contribution in [-0.4, -0.2) is 29.4 Å². The van der Waals surface area contributed by atoms with E-state index in [4.69, 9.17) is 15.6 Å². The van der Waals surface area contributed by atoms with E-state index in [1.54, 1.807) is 0 Å². The van der Waals surface area contributed by atoms with E-state index in [0.717, 1.165) is 18.2 Å². The van der Waals surface area contributed by atoms with E-state index in [9.17, 15) is 23.3 Å². The van der Waals surface area contributed by atoms with Crippen LogP contribution in [0.5, 0.6) is 5.75 Å². The number of methoxy groups -OCH3 is 1. The van der Waals surface area contributed by atoms with E-state index in [1.807, 2.05) is 0 Å². The van der Waals surface area contributed by atoms with Crippen molar-refractivity contribution in [2.75, 3.05) is 7.11 Å². The Morgan fingerprint density at radius 2 is 2.00 bits per heavy atom. The SMILES string of the molecule is COc1ccc([C@@H](N)[C@@H](O)C(F)(F)F)cc1[N+](=O)[O-].Cl. The molecule has 0 saturated carbocycles. The van der Waals surface area contributed by atoms with Crippen molar-refractivity contribution in [3.63, 3.8) is 0 Å². The standard InChI is InChI=1S/C10H11F3N2O4.ClH/c1-19-7-3-2-5(4-6(7)15(17)18)8(14)9(16)10(11,12)13;/h2-4,8-9,16H,14H2,1H3;1H/t8-,9-;/m1./s1. The van der Waals surface area contributed by atoms with Crippen molar-refractivity contribution in [2.45, 2.75) is 18.3 Å². The minimum absolute atomic E-state index is 0. The number of alkyl halides is 3. The van der Waals surface area contributed by atoms with E-state index in [2.05, 4.69) is 0 Å². The normalized spacial score (nSPS) is 14.1. The molecule has 0 aliphatic rings. The maximum Gasteiger partial charge on any atom is 0.416 e. The largest absolute Gasteiger partial charge is 0.490 e. The van der Waals surface area contributed by atoms with E-state index >= 15 is 0 Å². The number of aliphatic hydroxyl groups is 1. The molecule has 20 heavy (non-hydrogen) atoms. The molecule has 1 aromatic carbocycles. The summed E-state index contributed by atoms with van der Waals surface area (Å²) < 4.78 is 41.6. The van der Waals surface area contributed by atoms with Crippen LogP contribution in [0.25, 0.3) is 0 Å². The summed E-state index contributed by atoms with van der Waals surface area (Å²) in [6, 6.07) is 1.28. The van der Waals surface area contributed by atoms with Crippen LogP contribution in [0.15, 0.2) is 18.2 Å². The number of rotatable bonds is 4. The van der Waals surface area contributed by atoms with Crippen LogP contribution in [0.1, 0.15) is 11.6 Å². The average molecular weight is 317 g/mol. The molecule has 6 nitrogen and oxygen atoms in total. The molecule has 0 aliphatic heterocycles. The predicted molar refractivity (Wildman–Crippen MR) is 65.9 cm³/mol. The summed E-state index contributed by atoms with van der Waals surface area (Å²) in [6.07, 6.45) is -7.71. The van der Waals surface area contributed by atoms with Gasteiger partial charge in [0.1, 0.15) is 0 Å². The van der Waals surface area contributed by atoms with Crippen molar-refractivity contribution >= 4 is 18.1 Å². The van der Waals surface area contributed by atoms with E-state index in [0.29, 0.717) is 0 Å². The number of nitrogens with zero attached hydrogens (tertiary/aromatic N) is 1. The number of halogens is 4. The third-order valence-corrected chi connectivity index (χ3v) is 2.46. The Bertz CT molecular complexity index is 484. The molecule has 114 valence electrons. The summed E-state index contributed by atoms with van der Waals surface area (Å²) in [6.45, 7) is 0. The highest BCUT2D eigenvalue weighted by Gasteiger charge is 2.43. The second kappa shape index (κ2) is 6.73. The van der Waals surface area contributed by atoms with Gasteiger partial charge in [0.25, 0.3) is 0 Å². The van der Waals surface area contributed by atoms with E-state index in [1.165, 1.54) is 7.11 Å². The third kappa shape index (κ3) is 3.95. The van der Waals surface area contributed by atoms with Crippen molar-refractivity contribution in [3.05, 3.63) is 33.9 Å². The predicted octanol–water partition coefficient (Wildman–Crippen LogP) is 1.95. The number of nitrogens with two attached hydrogens (primary N) is 1. The zero-order valence-electron chi connectivity index (χ0n) is 10.1. The van der Waals surface area contributed by atoms with Gasteiger partial charge in [-0.1, -0.05) is 6.07 Å². The van der Waals surface area contributed by atoms with Gasteiger partial charge in [0.05, 0.1) is 18.1 Å². The van der Waals surface area contributed by atoms with Crippen molar-refractivity contribution in [1.29, 1.82) is 0 Å². The number of aliphatic hydroxyl groups excluding tert-OH is 1. The Morgan fingerprint density at radius 3 is 2.40 bits per heavy atom. The summed E-state index contributed by atoms with van der Waals surface area (Å²) in [5.41, 5.74) is 4.52. The fourth-order valence-corrected chi connectivity index (χ4v) is 1.44. The first-order chi connectivity index (χ1) is 8.68. The minimum Gasteiger partial charge on any atom is -0.490 e. The van der Waals surface area contributed by atoms with Gasteiger partial charge < -0.3 is 15.6 Å². The summed E-state index contributed by atoms with van der Waals surface area (Å²) >= 11 is 0. The first-order valence-electron chi connectivity index (χ1n) is 5.01. The van der Waals surface area contributed by atoms with Gasteiger partial charge in [-0.05, 0) is 11.6 Å². The van der Waals surface area contributed by atoms with Crippen LogP contribution < -0.4 is 10.5 Å². The van der Waals surface area contributed by atoms with Crippen LogP contribution in [-0.2, 0) is 0 Å². The van der Waals surface area contributed by atoms with Crippen molar-refractivity contribution in [2.24, 2.45) is 5.73 Å². The van der Waals surface area contributed by atoms with Crippen LogP contribution in [0, 0.1) is 10.1 Å². The molecule has 0 radical (unpaired) electrons. The molecule has 0 spiro atoms. The summed E-state index contributed by atoms with van der Waals surface area (Å²) in [4.78, 5) is 9.91. The topological polar surface area (TPSA) is 98.6 Å². The lowest BCUT2D eigenvalue weighted by Crippen LogP contribution is -2.38. The summed E-state index contributed by atoms with van der Waals surface area (Å²) in [5.74, 6) is -0.109. The van der Waals surface area contributed by atoms with Crippen LogP contribution >= 0.6 is 12.4 Å². The number of nitro benzene ring substituents is 1. The Labute approximate surface area is 117 Å². The zero-order chi connectivity index (χ0) is 14.8. The van der Waals surface area contributed by atoms with Gasteiger partial charge in [0.2, 0.25) is 0 Å². The number of nitro groups is 1. The van der Waals surface area contributed by atoms with Crippen molar-refractivity contribution in [1.82, 2.24) is 0 Å². The monoisotopic (exact) mass is 316 g/mol. The van der Waals surface area contributed by atoms with Gasteiger partial charge in [0, 0.05) is 6.07 Å². The molecule has 1 rings (SSSR count). The lowest BCUT2D eigenvalue weighted by atomic mass is 10.0.